The highest BCUT2D eigenvalue weighted by Crippen LogP contribution is 2.47. The maximum Gasteiger partial charge on any atom is 0.126 e. The highest BCUT2D eigenvalue weighted by Gasteiger charge is 2.44. The number of hydrogen-bond acceptors (Lipinski definition) is 1. The van der Waals surface area contributed by atoms with E-state index in [1.54, 1.807) is 6.07 Å². The lowest BCUT2D eigenvalue weighted by Gasteiger charge is -2.46. The highest BCUT2D eigenvalue weighted by molar-refractivity contribution is 6.30. The van der Waals surface area contributed by atoms with Gasteiger partial charge < -0.3 is 5.11 Å². The molecule has 0 spiro atoms. The Kier molecular flexibility index (Phi) is 4.01. The van der Waals surface area contributed by atoms with E-state index >= 15 is 0 Å². The molecule has 0 saturated heterocycles. The average Bonchev–Trinajstić information content (AvgIpc) is 2.43. The summed E-state index contributed by atoms with van der Waals surface area (Å²) in [5.74, 6) is -0.305. The monoisotopic (exact) mass is 304 g/mol. The molecule has 1 saturated carbocycles. The predicted octanol–water partition coefficient (Wildman–Crippen LogP) is 4.50. The lowest BCUT2D eigenvalue weighted by atomic mass is 9.60. The van der Waals surface area contributed by atoms with Crippen LogP contribution in [0, 0.1) is 5.82 Å². The maximum atomic E-state index is 13.9. The minimum Gasteiger partial charge on any atom is -0.392 e. The highest BCUT2D eigenvalue weighted by atomic mass is 35.5. The van der Waals surface area contributed by atoms with E-state index in [0.29, 0.717) is 17.0 Å². The van der Waals surface area contributed by atoms with Crippen LogP contribution in [0.15, 0.2) is 48.5 Å². The number of rotatable bonds is 4. The molecule has 2 aromatic rings. The first kappa shape index (κ1) is 14.6. The van der Waals surface area contributed by atoms with E-state index in [0.717, 1.165) is 24.8 Å². The third-order valence-corrected chi connectivity index (χ3v) is 4.89. The van der Waals surface area contributed by atoms with Crippen molar-refractivity contribution >= 4 is 11.6 Å². The van der Waals surface area contributed by atoms with Gasteiger partial charge in [-0.3, -0.25) is 0 Å². The van der Waals surface area contributed by atoms with Crippen LogP contribution in [0.25, 0.3) is 0 Å². The van der Waals surface area contributed by atoms with Gasteiger partial charge in [0.05, 0.1) is 6.10 Å². The summed E-state index contributed by atoms with van der Waals surface area (Å²) in [5.41, 5.74) is 1.39. The molecule has 0 heterocycles. The fourth-order valence-electron chi connectivity index (χ4n) is 3.25. The number of benzene rings is 2. The molecule has 3 heteroatoms. The van der Waals surface area contributed by atoms with Crippen molar-refractivity contribution in [3.05, 3.63) is 70.5 Å². The molecule has 1 fully saturated rings. The molecule has 0 aliphatic heterocycles. The van der Waals surface area contributed by atoms with E-state index in [2.05, 4.69) is 12.1 Å². The molecule has 0 amide bonds. The summed E-state index contributed by atoms with van der Waals surface area (Å²) in [4.78, 5) is 0. The van der Waals surface area contributed by atoms with Gasteiger partial charge in [0.25, 0.3) is 0 Å². The zero-order valence-corrected chi connectivity index (χ0v) is 12.5. The van der Waals surface area contributed by atoms with Crippen molar-refractivity contribution in [3.8, 4) is 0 Å². The third-order valence-electron chi connectivity index (χ3n) is 4.65. The molecular formula is C18H18ClFO. The molecule has 1 atom stereocenters. The van der Waals surface area contributed by atoms with Crippen LogP contribution in [-0.4, -0.2) is 11.2 Å². The van der Waals surface area contributed by atoms with Crippen molar-refractivity contribution in [1.82, 2.24) is 0 Å². The first-order valence-electron chi connectivity index (χ1n) is 7.29. The summed E-state index contributed by atoms with van der Waals surface area (Å²) in [6.07, 6.45) is 2.69. The van der Waals surface area contributed by atoms with E-state index in [1.807, 2.05) is 18.2 Å². The van der Waals surface area contributed by atoms with Crippen molar-refractivity contribution in [2.24, 2.45) is 0 Å². The second kappa shape index (κ2) is 5.78. The van der Waals surface area contributed by atoms with Gasteiger partial charge in [-0.1, -0.05) is 48.4 Å². The van der Waals surface area contributed by atoms with E-state index in [1.165, 1.54) is 12.1 Å². The quantitative estimate of drug-likeness (QED) is 0.881. The smallest absolute Gasteiger partial charge is 0.126 e. The molecule has 2 aromatic carbocycles. The van der Waals surface area contributed by atoms with Crippen LogP contribution in [0.5, 0.6) is 0 Å². The summed E-state index contributed by atoms with van der Waals surface area (Å²) in [5, 5.41) is 11.2. The predicted molar refractivity (Wildman–Crippen MR) is 83.1 cm³/mol. The van der Waals surface area contributed by atoms with Gasteiger partial charge in [-0.15, -0.1) is 0 Å². The number of hydrogen-bond donors (Lipinski definition) is 1. The second-order valence-electron chi connectivity index (χ2n) is 5.83. The van der Waals surface area contributed by atoms with Crippen molar-refractivity contribution in [3.63, 3.8) is 0 Å². The Morgan fingerprint density at radius 3 is 2.48 bits per heavy atom. The minimum absolute atomic E-state index is 0.240. The molecule has 110 valence electrons. The van der Waals surface area contributed by atoms with Crippen LogP contribution < -0.4 is 0 Å². The molecule has 1 unspecified atom stereocenters. The Hall–Kier alpha value is -1.38. The van der Waals surface area contributed by atoms with Gasteiger partial charge in [-0.05, 0) is 42.2 Å². The van der Waals surface area contributed by atoms with Gasteiger partial charge in [0, 0.05) is 16.9 Å². The molecule has 21 heavy (non-hydrogen) atoms. The molecule has 3 rings (SSSR count). The standard InChI is InChI=1S/C18H18ClFO/c19-15-7-8-16(20)13(11-15)12-17(21)18(9-4-10-18)14-5-2-1-3-6-14/h1-3,5-8,11,17,21H,4,9-10,12H2. The average molecular weight is 305 g/mol. The Labute approximate surface area is 129 Å². The van der Waals surface area contributed by atoms with Gasteiger partial charge in [0.1, 0.15) is 5.82 Å². The summed E-state index contributed by atoms with van der Waals surface area (Å²) >= 11 is 5.93. The molecule has 0 radical (unpaired) electrons. The van der Waals surface area contributed by atoms with E-state index < -0.39 is 6.10 Å². The van der Waals surface area contributed by atoms with Gasteiger partial charge >= 0.3 is 0 Å². The topological polar surface area (TPSA) is 20.2 Å². The molecule has 1 N–H and O–H groups in total. The van der Waals surface area contributed by atoms with Crippen LogP contribution in [-0.2, 0) is 11.8 Å². The van der Waals surface area contributed by atoms with Gasteiger partial charge in [-0.25, -0.2) is 4.39 Å². The Morgan fingerprint density at radius 2 is 1.86 bits per heavy atom. The number of halogens is 2. The number of aliphatic hydroxyl groups excluding tert-OH is 1. The molecule has 0 bridgehead atoms. The van der Waals surface area contributed by atoms with Crippen molar-refractivity contribution in [1.29, 1.82) is 0 Å². The van der Waals surface area contributed by atoms with Gasteiger partial charge in [0.2, 0.25) is 0 Å². The van der Waals surface area contributed by atoms with Gasteiger partial charge in [0.15, 0.2) is 0 Å². The first-order valence-corrected chi connectivity index (χ1v) is 7.67. The van der Waals surface area contributed by atoms with E-state index in [4.69, 9.17) is 11.6 Å². The summed E-state index contributed by atoms with van der Waals surface area (Å²) in [6, 6.07) is 14.6. The summed E-state index contributed by atoms with van der Waals surface area (Å²) in [7, 11) is 0. The first-order chi connectivity index (χ1) is 10.1. The van der Waals surface area contributed by atoms with Gasteiger partial charge in [-0.2, -0.15) is 0 Å². The number of aliphatic hydroxyl groups is 1. The van der Waals surface area contributed by atoms with E-state index in [-0.39, 0.29) is 11.2 Å². The largest absolute Gasteiger partial charge is 0.392 e. The molecular weight excluding hydrogens is 287 g/mol. The van der Waals surface area contributed by atoms with Crippen LogP contribution >= 0.6 is 11.6 Å². The Morgan fingerprint density at radius 1 is 1.14 bits per heavy atom. The van der Waals surface area contributed by atoms with Crippen molar-refractivity contribution < 1.29 is 9.50 Å². The van der Waals surface area contributed by atoms with Crippen molar-refractivity contribution in [2.45, 2.75) is 37.2 Å². The SMILES string of the molecule is OC(Cc1cc(Cl)ccc1F)C1(c2ccccc2)CCC1. The molecule has 1 nitrogen and oxygen atoms in total. The molecule has 0 aromatic heterocycles. The lowest BCUT2D eigenvalue weighted by molar-refractivity contribution is 0.0280. The normalized spacial score (nSPS) is 18.0. The minimum atomic E-state index is -0.596. The fourth-order valence-corrected chi connectivity index (χ4v) is 3.44. The van der Waals surface area contributed by atoms with Crippen LogP contribution in [0.4, 0.5) is 4.39 Å². The fraction of sp³-hybridized carbons (Fsp3) is 0.333. The Balaban J connectivity index is 1.87. The van der Waals surface area contributed by atoms with Crippen LogP contribution in [0.3, 0.4) is 0 Å². The second-order valence-corrected chi connectivity index (χ2v) is 6.27. The van der Waals surface area contributed by atoms with Crippen molar-refractivity contribution in [2.75, 3.05) is 0 Å². The van der Waals surface area contributed by atoms with E-state index in [9.17, 15) is 9.50 Å². The summed E-state index contributed by atoms with van der Waals surface area (Å²) in [6.45, 7) is 0. The Bertz CT molecular complexity index is 622. The third kappa shape index (κ3) is 2.70. The zero-order valence-electron chi connectivity index (χ0n) is 11.7. The molecule has 1 aliphatic carbocycles. The summed E-state index contributed by atoms with van der Waals surface area (Å²) < 4.78 is 13.9. The molecule has 1 aliphatic rings. The van der Waals surface area contributed by atoms with Crippen LogP contribution in [0.1, 0.15) is 30.4 Å². The zero-order chi connectivity index (χ0) is 14.9. The lowest BCUT2D eigenvalue weighted by Crippen LogP contribution is -2.46. The maximum absolute atomic E-state index is 13.9. The van der Waals surface area contributed by atoms with Crippen LogP contribution in [0.2, 0.25) is 5.02 Å².